The van der Waals surface area contributed by atoms with Crippen LogP contribution < -0.4 is 0 Å². The van der Waals surface area contributed by atoms with Gasteiger partial charge in [0.1, 0.15) is 0 Å². The van der Waals surface area contributed by atoms with Crippen molar-refractivity contribution < 1.29 is 0 Å². The molecule has 0 aromatic rings. The van der Waals surface area contributed by atoms with Gasteiger partial charge in [-0.2, -0.15) is 0 Å². The minimum absolute atomic E-state index is 1.38. The molecule has 0 bridgehead atoms. The molecule has 0 nitrogen and oxygen atoms in total. The standard InChI is InChI=1S/C8H15.C6H11/c1-2-4-6-8-7-5-3-1;1-6-4-2-3-5-6/h1H,2-8H2;2-5H2,1H3. The Balaban J connectivity index is 0.000000146. The average Bonchev–Trinajstić information content (AvgIpc) is 2.55. The van der Waals surface area contributed by atoms with E-state index in [4.69, 9.17) is 0 Å². The first-order valence-electron chi connectivity index (χ1n) is 6.52. The van der Waals surface area contributed by atoms with E-state index >= 15 is 0 Å². The summed E-state index contributed by atoms with van der Waals surface area (Å²) in [5.41, 5.74) is 0. The molecular formula is C14H26. The summed E-state index contributed by atoms with van der Waals surface area (Å²) in [4.78, 5) is 0. The maximum atomic E-state index is 2.44. The summed E-state index contributed by atoms with van der Waals surface area (Å²) < 4.78 is 0. The summed E-state index contributed by atoms with van der Waals surface area (Å²) in [5.74, 6) is 1.70. The molecule has 0 saturated heterocycles. The van der Waals surface area contributed by atoms with Crippen LogP contribution in [-0.4, -0.2) is 0 Å². The van der Waals surface area contributed by atoms with Gasteiger partial charge in [0.2, 0.25) is 0 Å². The summed E-state index contributed by atoms with van der Waals surface area (Å²) in [6.45, 7) is 2.26. The van der Waals surface area contributed by atoms with Crippen LogP contribution in [0, 0.1) is 12.3 Å². The van der Waals surface area contributed by atoms with Gasteiger partial charge in [-0.05, 0) is 25.2 Å². The monoisotopic (exact) mass is 194 g/mol. The number of rotatable bonds is 0. The van der Waals surface area contributed by atoms with E-state index in [1.54, 1.807) is 5.92 Å². The number of hydrogen-bond acceptors (Lipinski definition) is 0. The highest BCUT2D eigenvalue weighted by molar-refractivity contribution is 4.88. The minimum atomic E-state index is 1.38. The lowest BCUT2D eigenvalue weighted by atomic mass is 10.0. The summed E-state index contributed by atoms with van der Waals surface area (Å²) in [5, 5.41) is 0. The zero-order valence-corrected chi connectivity index (χ0v) is 9.86. The van der Waals surface area contributed by atoms with E-state index in [1.165, 1.54) is 70.6 Å². The molecule has 0 unspecified atom stereocenters. The predicted molar refractivity (Wildman–Crippen MR) is 64.0 cm³/mol. The smallest absolute Gasteiger partial charge is 0.0272 e. The highest BCUT2D eigenvalue weighted by Crippen LogP contribution is 2.25. The average molecular weight is 194 g/mol. The van der Waals surface area contributed by atoms with Gasteiger partial charge in [-0.3, -0.25) is 0 Å². The molecule has 0 atom stereocenters. The topological polar surface area (TPSA) is 0 Å². The highest BCUT2D eigenvalue weighted by Gasteiger charge is 2.07. The van der Waals surface area contributed by atoms with E-state index in [1.807, 2.05) is 0 Å². The van der Waals surface area contributed by atoms with E-state index in [9.17, 15) is 0 Å². The van der Waals surface area contributed by atoms with E-state index in [-0.39, 0.29) is 0 Å². The third-order valence-corrected chi connectivity index (χ3v) is 3.27. The summed E-state index contributed by atoms with van der Waals surface area (Å²) in [6, 6.07) is 0. The Morgan fingerprint density at radius 2 is 1.21 bits per heavy atom. The lowest BCUT2D eigenvalue weighted by Crippen LogP contribution is -1.86. The molecule has 2 radical (unpaired) electrons. The van der Waals surface area contributed by atoms with E-state index in [0.29, 0.717) is 0 Å². The van der Waals surface area contributed by atoms with Gasteiger partial charge in [-0.1, -0.05) is 64.7 Å². The van der Waals surface area contributed by atoms with Crippen LogP contribution in [0.4, 0.5) is 0 Å². The van der Waals surface area contributed by atoms with Crippen LogP contribution in [0.25, 0.3) is 0 Å². The third kappa shape index (κ3) is 6.45. The Morgan fingerprint density at radius 3 is 1.64 bits per heavy atom. The van der Waals surface area contributed by atoms with Crippen molar-refractivity contribution in [3.8, 4) is 0 Å². The van der Waals surface area contributed by atoms with Crippen molar-refractivity contribution in [3.63, 3.8) is 0 Å². The van der Waals surface area contributed by atoms with Crippen molar-refractivity contribution in [2.75, 3.05) is 0 Å². The van der Waals surface area contributed by atoms with Gasteiger partial charge in [-0.15, -0.1) is 0 Å². The molecule has 0 N–H and O–H groups in total. The second kappa shape index (κ2) is 8.32. The van der Waals surface area contributed by atoms with Crippen LogP contribution in [0.15, 0.2) is 0 Å². The fourth-order valence-electron chi connectivity index (χ4n) is 2.23. The lowest BCUT2D eigenvalue weighted by molar-refractivity contribution is 0.565. The molecular weight excluding hydrogens is 168 g/mol. The van der Waals surface area contributed by atoms with Gasteiger partial charge < -0.3 is 0 Å². The minimum Gasteiger partial charge on any atom is -0.0591 e. The van der Waals surface area contributed by atoms with Crippen LogP contribution >= 0.6 is 0 Å². The van der Waals surface area contributed by atoms with Crippen molar-refractivity contribution in [1.29, 1.82) is 0 Å². The molecule has 82 valence electrons. The van der Waals surface area contributed by atoms with Crippen molar-refractivity contribution in [2.24, 2.45) is 0 Å². The Kier molecular flexibility index (Phi) is 7.17. The van der Waals surface area contributed by atoms with E-state index in [2.05, 4.69) is 13.3 Å². The van der Waals surface area contributed by atoms with Crippen molar-refractivity contribution in [3.05, 3.63) is 12.3 Å². The predicted octanol–water partition coefficient (Wildman–Crippen LogP) is 5.09. The molecule has 0 aromatic heterocycles. The molecule has 0 amide bonds. The van der Waals surface area contributed by atoms with Gasteiger partial charge in [0.05, 0.1) is 0 Å². The second-order valence-electron chi connectivity index (χ2n) is 4.80. The first kappa shape index (κ1) is 12.1. The van der Waals surface area contributed by atoms with Gasteiger partial charge in [-0.25, -0.2) is 0 Å². The zero-order valence-electron chi connectivity index (χ0n) is 9.86. The van der Waals surface area contributed by atoms with Crippen LogP contribution in [0.2, 0.25) is 0 Å². The number of hydrogen-bond donors (Lipinski definition) is 0. The Bertz CT molecular complexity index is 87.2. The maximum Gasteiger partial charge on any atom is -0.0272 e. The van der Waals surface area contributed by atoms with Crippen LogP contribution in [-0.2, 0) is 0 Å². The van der Waals surface area contributed by atoms with Crippen molar-refractivity contribution in [2.45, 2.75) is 77.6 Å². The lowest BCUT2D eigenvalue weighted by Gasteiger charge is -2.05. The fourth-order valence-corrected chi connectivity index (χ4v) is 2.23. The summed E-state index contributed by atoms with van der Waals surface area (Å²) >= 11 is 0. The first-order valence-corrected chi connectivity index (χ1v) is 6.52. The van der Waals surface area contributed by atoms with Gasteiger partial charge in [0.15, 0.2) is 0 Å². The van der Waals surface area contributed by atoms with Crippen LogP contribution in [0.1, 0.15) is 77.6 Å². The molecule has 0 aromatic carbocycles. The molecule has 2 aliphatic rings. The maximum absolute atomic E-state index is 2.44. The molecule has 0 spiro atoms. The molecule has 2 fully saturated rings. The van der Waals surface area contributed by atoms with E-state index < -0.39 is 0 Å². The van der Waals surface area contributed by atoms with Crippen molar-refractivity contribution >= 4 is 0 Å². The molecule has 2 saturated carbocycles. The Hall–Kier alpha value is 0. The molecule has 2 aliphatic carbocycles. The Morgan fingerprint density at radius 1 is 0.714 bits per heavy atom. The largest absolute Gasteiger partial charge is 0.0591 e. The van der Waals surface area contributed by atoms with Crippen LogP contribution in [0.5, 0.6) is 0 Å². The first-order chi connectivity index (χ1) is 6.89. The van der Waals surface area contributed by atoms with E-state index in [0.717, 1.165) is 0 Å². The molecule has 0 heterocycles. The summed E-state index contributed by atoms with van der Waals surface area (Å²) in [6.07, 6.45) is 18.2. The molecule has 0 aliphatic heterocycles. The molecule has 0 heteroatoms. The van der Waals surface area contributed by atoms with Crippen LogP contribution in [0.3, 0.4) is 0 Å². The SMILES string of the molecule is C[C]1CCCC1.[CH]1CCCCCCC1. The second-order valence-corrected chi connectivity index (χ2v) is 4.80. The Labute approximate surface area is 90.5 Å². The fraction of sp³-hybridized carbons (Fsp3) is 0.857. The van der Waals surface area contributed by atoms with Crippen molar-refractivity contribution in [1.82, 2.24) is 0 Å². The quantitative estimate of drug-likeness (QED) is 0.504. The third-order valence-electron chi connectivity index (χ3n) is 3.27. The zero-order chi connectivity index (χ0) is 10.1. The highest BCUT2D eigenvalue weighted by atomic mass is 14.1. The van der Waals surface area contributed by atoms with Gasteiger partial charge >= 0.3 is 0 Å². The molecule has 14 heavy (non-hydrogen) atoms. The summed E-state index contributed by atoms with van der Waals surface area (Å²) in [7, 11) is 0. The van der Waals surface area contributed by atoms with Gasteiger partial charge in [0.25, 0.3) is 0 Å². The molecule has 2 rings (SSSR count). The van der Waals surface area contributed by atoms with Gasteiger partial charge in [0, 0.05) is 0 Å². The normalized spacial score (nSPS) is 24.6.